The van der Waals surface area contributed by atoms with E-state index in [2.05, 4.69) is 53.3 Å². The van der Waals surface area contributed by atoms with Gasteiger partial charge in [-0.15, -0.1) is 0 Å². The SMILES string of the molecule is CCOc1ccccc1CNc1cc(C)c(Br)c(C)c1. The highest BCUT2D eigenvalue weighted by Gasteiger charge is 2.05. The third-order valence-electron chi connectivity index (χ3n) is 3.19. The van der Waals surface area contributed by atoms with E-state index in [1.165, 1.54) is 21.2 Å². The fourth-order valence-corrected chi connectivity index (χ4v) is 2.42. The molecule has 0 fully saturated rings. The Kier molecular flexibility index (Phi) is 5.07. The second-order valence-electron chi connectivity index (χ2n) is 4.82. The number of aryl methyl sites for hydroxylation is 2. The van der Waals surface area contributed by atoms with Crippen molar-refractivity contribution in [1.29, 1.82) is 0 Å². The van der Waals surface area contributed by atoms with Crippen LogP contribution in [0.4, 0.5) is 5.69 Å². The highest BCUT2D eigenvalue weighted by molar-refractivity contribution is 9.10. The number of rotatable bonds is 5. The predicted molar refractivity (Wildman–Crippen MR) is 88.6 cm³/mol. The van der Waals surface area contributed by atoms with Crippen LogP contribution in [0.3, 0.4) is 0 Å². The van der Waals surface area contributed by atoms with Gasteiger partial charge in [0.1, 0.15) is 5.75 Å². The van der Waals surface area contributed by atoms with Gasteiger partial charge in [0, 0.05) is 22.3 Å². The Labute approximate surface area is 129 Å². The molecule has 106 valence electrons. The van der Waals surface area contributed by atoms with Crippen LogP contribution in [0, 0.1) is 13.8 Å². The van der Waals surface area contributed by atoms with Crippen LogP contribution in [0.1, 0.15) is 23.6 Å². The minimum absolute atomic E-state index is 0.688. The Bertz CT molecular complexity index is 572. The number of anilines is 1. The van der Waals surface area contributed by atoms with Crippen LogP contribution in [0.25, 0.3) is 0 Å². The molecule has 1 N–H and O–H groups in total. The number of para-hydroxylation sites is 1. The zero-order chi connectivity index (χ0) is 14.5. The minimum Gasteiger partial charge on any atom is -0.494 e. The molecule has 20 heavy (non-hydrogen) atoms. The summed E-state index contributed by atoms with van der Waals surface area (Å²) >= 11 is 3.59. The van der Waals surface area contributed by atoms with Crippen molar-refractivity contribution in [2.75, 3.05) is 11.9 Å². The molecule has 2 nitrogen and oxygen atoms in total. The molecule has 0 unspecified atom stereocenters. The lowest BCUT2D eigenvalue weighted by molar-refractivity contribution is 0.337. The van der Waals surface area contributed by atoms with Crippen molar-refractivity contribution in [1.82, 2.24) is 0 Å². The Balaban J connectivity index is 2.13. The smallest absolute Gasteiger partial charge is 0.124 e. The number of benzene rings is 2. The van der Waals surface area contributed by atoms with Gasteiger partial charge in [-0.2, -0.15) is 0 Å². The molecule has 0 spiro atoms. The lowest BCUT2D eigenvalue weighted by Gasteiger charge is -2.13. The highest BCUT2D eigenvalue weighted by Crippen LogP contribution is 2.26. The zero-order valence-corrected chi connectivity index (χ0v) is 13.8. The molecule has 0 aliphatic heterocycles. The van der Waals surface area contributed by atoms with Crippen molar-refractivity contribution in [3.63, 3.8) is 0 Å². The van der Waals surface area contributed by atoms with Gasteiger partial charge in [-0.1, -0.05) is 34.1 Å². The van der Waals surface area contributed by atoms with Crippen molar-refractivity contribution >= 4 is 21.6 Å². The molecule has 2 rings (SSSR count). The molecule has 0 bridgehead atoms. The summed E-state index contributed by atoms with van der Waals surface area (Å²) in [7, 11) is 0. The van der Waals surface area contributed by atoms with E-state index in [0.717, 1.165) is 18.0 Å². The molecule has 0 heterocycles. The maximum Gasteiger partial charge on any atom is 0.124 e. The third-order valence-corrected chi connectivity index (χ3v) is 4.44. The molecule has 0 aliphatic carbocycles. The molecule has 0 aliphatic rings. The van der Waals surface area contributed by atoms with E-state index in [-0.39, 0.29) is 0 Å². The number of hydrogen-bond acceptors (Lipinski definition) is 2. The number of nitrogens with one attached hydrogen (secondary N) is 1. The first-order valence-corrected chi connectivity index (χ1v) is 7.62. The van der Waals surface area contributed by atoms with Crippen molar-refractivity contribution < 1.29 is 4.74 Å². The number of ether oxygens (including phenoxy) is 1. The third kappa shape index (κ3) is 3.54. The van der Waals surface area contributed by atoms with Crippen LogP contribution >= 0.6 is 15.9 Å². The van der Waals surface area contributed by atoms with Crippen molar-refractivity contribution in [3.05, 3.63) is 57.6 Å². The second-order valence-corrected chi connectivity index (χ2v) is 5.61. The summed E-state index contributed by atoms with van der Waals surface area (Å²) in [6.07, 6.45) is 0. The van der Waals surface area contributed by atoms with Crippen LogP contribution in [0.2, 0.25) is 0 Å². The Morgan fingerprint density at radius 1 is 1.10 bits per heavy atom. The van der Waals surface area contributed by atoms with Crippen molar-refractivity contribution in [2.24, 2.45) is 0 Å². The van der Waals surface area contributed by atoms with Gasteiger partial charge in [-0.05, 0) is 50.1 Å². The number of hydrogen-bond donors (Lipinski definition) is 1. The highest BCUT2D eigenvalue weighted by atomic mass is 79.9. The van der Waals surface area contributed by atoms with Gasteiger partial charge in [0.15, 0.2) is 0 Å². The van der Waals surface area contributed by atoms with Gasteiger partial charge >= 0.3 is 0 Å². The lowest BCUT2D eigenvalue weighted by atomic mass is 10.1. The van der Waals surface area contributed by atoms with Gasteiger partial charge in [0.2, 0.25) is 0 Å². The fraction of sp³-hybridized carbons (Fsp3) is 0.294. The van der Waals surface area contributed by atoms with Gasteiger partial charge in [0.25, 0.3) is 0 Å². The quantitative estimate of drug-likeness (QED) is 0.824. The van der Waals surface area contributed by atoms with Crippen molar-refractivity contribution in [2.45, 2.75) is 27.3 Å². The van der Waals surface area contributed by atoms with E-state index in [1.54, 1.807) is 0 Å². The summed E-state index contributed by atoms with van der Waals surface area (Å²) in [6.45, 7) is 7.67. The lowest BCUT2D eigenvalue weighted by Crippen LogP contribution is -2.03. The predicted octanol–water partition coefficient (Wildman–Crippen LogP) is 5.08. The molecule has 0 aromatic heterocycles. The average Bonchev–Trinajstić information content (AvgIpc) is 2.44. The first-order chi connectivity index (χ1) is 9.61. The van der Waals surface area contributed by atoms with E-state index in [4.69, 9.17) is 4.74 Å². The van der Waals surface area contributed by atoms with Gasteiger partial charge in [0.05, 0.1) is 6.61 Å². The zero-order valence-electron chi connectivity index (χ0n) is 12.2. The normalized spacial score (nSPS) is 10.4. The van der Waals surface area contributed by atoms with E-state index < -0.39 is 0 Å². The summed E-state index contributed by atoms with van der Waals surface area (Å²) < 4.78 is 6.82. The Morgan fingerprint density at radius 2 is 1.75 bits per heavy atom. The maximum atomic E-state index is 5.64. The van der Waals surface area contributed by atoms with E-state index >= 15 is 0 Å². The largest absolute Gasteiger partial charge is 0.494 e. The van der Waals surface area contributed by atoms with Gasteiger partial charge < -0.3 is 10.1 Å². The molecule has 0 saturated carbocycles. The maximum absolute atomic E-state index is 5.64. The minimum atomic E-state index is 0.688. The van der Waals surface area contributed by atoms with E-state index in [1.807, 2.05) is 25.1 Å². The molecule has 0 amide bonds. The van der Waals surface area contributed by atoms with Crippen LogP contribution in [0.5, 0.6) is 5.75 Å². The summed E-state index contributed by atoms with van der Waals surface area (Å²) in [5.74, 6) is 0.952. The molecule has 3 heteroatoms. The second kappa shape index (κ2) is 6.80. The Morgan fingerprint density at radius 3 is 2.40 bits per heavy atom. The Hall–Kier alpha value is -1.48. The van der Waals surface area contributed by atoms with E-state index in [9.17, 15) is 0 Å². The fourth-order valence-electron chi connectivity index (χ4n) is 2.19. The summed E-state index contributed by atoms with van der Waals surface area (Å²) in [5, 5.41) is 3.47. The molecular weight excluding hydrogens is 314 g/mol. The first-order valence-electron chi connectivity index (χ1n) is 6.83. The van der Waals surface area contributed by atoms with E-state index in [0.29, 0.717) is 6.61 Å². The first kappa shape index (κ1) is 14.9. The van der Waals surface area contributed by atoms with Crippen LogP contribution in [-0.2, 0) is 6.54 Å². The summed E-state index contributed by atoms with van der Waals surface area (Å²) in [5.41, 5.74) is 4.79. The van der Waals surface area contributed by atoms with Crippen LogP contribution in [0.15, 0.2) is 40.9 Å². The van der Waals surface area contributed by atoms with Crippen molar-refractivity contribution in [3.8, 4) is 5.75 Å². The van der Waals surface area contributed by atoms with Crippen LogP contribution in [-0.4, -0.2) is 6.61 Å². The monoisotopic (exact) mass is 333 g/mol. The summed E-state index contributed by atoms with van der Waals surface area (Å²) in [6, 6.07) is 12.5. The number of halogens is 1. The standard InChI is InChI=1S/C17H20BrNO/c1-4-20-16-8-6-5-7-14(16)11-19-15-9-12(2)17(18)13(3)10-15/h5-10,19H,4,11H2,1-3H3. The summed E-state index contributed by atoms with van der Waals surface area (Å²) in [4.78, 5) is 0. The average molecular weight is 334 g/mol. The molecule has 2 aromatic carbocycles. The molecule has 0 atom stereocenters. The van der Waals surface area contributed by atoms with Crippen LogP contribution < -0.4 is 10.1 Å². The van der Waals surface area contributed by atoms with Gasteiger partial charge in [-0.25, -0.2) is 0 Å². The van der Waals surface area contributed by atoms with Gasteiger partial charge in [-0.3, -0.25) is 0 Å². The molecule has 0 saturated heterocycles. The molecule has 0 radical (unpaired) electrons. The molecular formula is C17H20BrNO. The topological polar surface area (TPSA) is 21.3 Å². The molecule has 2 aromatic rings.